The van der Waals surface area contributed by atoms with Gasteiger partial charge in [-0.1, -0.05) is 0 Å². The van der Waals surface area contributed by atoms with E-state index in [1.54, 1.807) is 0 Å². The lowest BCUT2D eigenvalue weighted by molar-refractivity contribution is -0.385. The topological polar surface area (TPSA) is 69.4 Å². The smallest absolute Gasteiger partial charge is 0.286 e. The molecule has 74 valence electrons. The van der Waals surface area contributed by atoms with Gasteiger partial charge in [0.05, 0.1) is 18.1 Å². The summed E-state index contributed by atoms with van der Waals surface area (Å²) in [4.78, 5) is 20.0. The van der Waals surface area contributed by atoms with E-state index in [4.69, 9.17) is 0 Å². The number of benzene rings is 1. The molecule has 0 aliphatic rings. The number of aldehydes is 1. The highest BCUT2D eigenvalue weighted by molar-refractivity contribution is 5.82. The average molecular weight is 199 g/mol. The second-order valence-electron chi connectivity index (χ2n) is 2.42. The molecule has 1 aromatic rings. The third-order valence-electron chi connectivity index (χ3n) is 1.63. The van der Waals surface area contributed by atoms with Crippen molar-refractivity contribution >= 4 is 12.0 Å². The summed E-state index contributed by atoms with van der Waals surface area (Å²) in [6.07, 6.45) is 0.104. The Kier molecular flexibility index (Phi) is 2.76. The molecule has 0 spiro atoms. The van der Waals surface area contributed by atoms with Gasteiger partial charge in [0.2, 0.25) is 0 Å². The monoisotopic (exact) mass is 199 g/mol. The van der Waals surface area contributed by atoms with Crippen LogP contribution in [0.1, 0.15) is 10.4 Å². The average Bonchev–Trinajstić information content (AvgIpc) is 2.16. The minimum atomic E-state index is -0.967. The fraction of sp³-hybridized carbons (Fsp3) is 0.125. The molecule has 0 aliphatic heterocycles. The number of hydrogen-bond donors (Lipinski definition) is 0. The molecule has 0 atom stereocenters. The number of halogens is 1. The Morgan fingerprint density at radius 1 is 1.57 bits per heavy atom. The Balaban J connectivity index is 3.43. The Morgan fingerprint density at radius 3 is 2.64 bits per heavy atom. The maximum atomic E-state index is 13.0. The summed E-state index contributed by atoms with van der Waals surface area (Å²) in [5.74, 6) is -0.967. The molecule has 0 aliphatic carbocycles. The lowest BCUT2D eigenvalue weighted by Gasteiger charge is -2.01. The second kappa shape index (κ2) is 3.82. The SMILES string of the molecule is COc1cc(F)c(C=O)c([N+](=O)[O-])c1. The van der Waals surface area contributed by atoms with Gasteiger partial charge in [0.25, 0.3) is 5.69 Å². The van der Waals surface area contributed by atoms with E-state index in [9.17, 15) is 19.3 Å². The maximum Gasteiger partial charge on any atom is 0.286 e. The molecule has 1 aromatic carbocycles. The van der Waals surface area contributed by atoms with Crippen molar-refractivity contribution in [3.05, 3.63) is 33.6 Å². The predicted octanol–water partition coefficient (Wildman–Crippen LogP) is 1.55. The predicted molar refractivity (Wildman–Crippen MR) is 45.0 cm³/mol. The van der Waals surface area contributed by atoms with Crippen LogP contribution in [0.2, 0.25) is 0 Å². The molecule has 0 saturated heterocycles. The largest absolute Gasteiger partial charge is 0.496 e. The lowest BCUT2D eigenvalue weighted by atomic mass is 10.2. The van der Waals surface area contributed by atoms with Gasteiger partial charge in [-0.25, -0.2) is 4.39 Å². The van der Waals surface area contributed by atoms with Crippen LogP contribution in [0, 0.1) is 15.9 Å². The molecule has 0 aromatic heterocycles. The van der Waals surface area contributed by atoms with Crippen LogP contribution in [-0.4, -0.2) is 18.3 Å². The van der Waals surface area contributed by atoms with Gasteiger partial charge in [0.15, 0.2) is 6.29 Å². The van der Waals surface area contributed by atoms with Crippen molar-refractivity contribution in [2.45, 2.75) is 0 Å². The molecule has 5 nitrogen and oxygen atoms in total. The van der Waals surface area contributed by atoms with E-state index >= 15 is 0 Å². The van der Waals surface area contributed by atoms with Gasteiger partial charge >= 0.3 is 0 Å². The zero-order chi connectivity index (χ0) is 10.7. The highest BCUT2D eigenvalue weighted by Gasteiger charge is 2.19. The van der Waals surface area contributed by atoms with Crippen LogP contribution in [0.4, 0.5) is 10.1 Å². The van der Waals surface area contributed by atoms with Gasteiger partial charge in [0.1, 0.15) is 17.1 Å². The minimum absolute atomic E-state index is 0.000185. The first kappa shape index (κ1) is 10.1. The first-order valence-corrected chi connectivity index (χ1v) is 3.57. The standard InChI is InChI=1S/C8H6FNO4/c1-14-5-2-7(9)6(4-11)8(3-5)10(12)13/h2-4H,1H3. The van der Waals surface area contributed by atoms with E-state index in [1.807, 2.05) is 0 Å². The van der Waals surface area contributed by atoms with E-state index in [2.05, 4.69) is 4.74 Å². The van der Waals surface area contributed by atoms with Crippen molar-refractivity contribution in [2.75, 3.05) is 7.11 Å². The van der Waals surface area contributed by atoms with E-state index < -0.39 is 22.0 Å². The number of nitro benzene ring substituents is 1. The molecular weight excluding hydrogens is 193 g/mol. The molecule has 0 bridgehead atoms. The molecule has 0 radical (unpaired) electrons. The number of ether oxygens (including phenoxy) is 1. The van der Waals surface area contributed by atoms with Crippen molar-refractivity contribution in [1.82, 2.24) is 0 Å². The molecule has 0 saturated carbocycles. The highest BCUT2D eigenvalue weighted by Crippen LogP contribution is 2.26. The van der Waals surface area contributed by atoms with Crippen LogP contribution in [0.3, 0.4) is 0 Å². The van der Waals surface area contributed by atoms with Crippen molar-refractivity contribution in [3.63, 3.8) is 0 Å². The van der Waals surface area contributed by atoms with Crippen LogP contribution < -0.4 is 4.74 Å². The number of nitro groups is 1. The number of methoxy groups -OCH3 is 1. The van der Waals surface area contributed by atoms with Crippen LogP contribution in [0.5, 0.6) is 5.75 Å². The number of rotatable bonds is 3. The van der Waals surface area contributed by atoms with Crippen LogP contribution in [0.15, 0.2) is 12.1 Å². The van der Waals surface area contributed by atoms with Crippen molar-refractivity contribution in [3.8, 4) is 5.75 Å². The van der Waals surface area contributed by atoms with Gasteiger partial charge < -0.3 is 4.74 Å². The molecule has 0 amide bonds. The molecule has 0 unspecified atom stereocenters. The first-order chi connectivity index (χ1) is 6.60. The van der Waals surface area contributed by atoms with E-state index in [0.29, 0.717) is 0 Å². The molecule has 0 fully saturated rings. The minimum Gasteiger partial charge on any atom is -0.496 e. The van der Waals surface area contributed by atoms with E-state index in [1.165, 1.54) is 7.11 Å². The van der Waals surface area contributed by atoms with E-state index in [-0.39, 0.29) is 12.0 Å². The van der Waals surface area contributed by atoms with Crippen LogP contribution >= 0.6 is 0 Å². The zero-order valence-electron chi connectivity index (χ0n) is 7.19. The van der Waals surface area contributed by atoms with Gasteiger partial charge in [-0.05, 0) is 0 Å². The van der Waals surface area contributed by atoms with Gasteiger partial charge in [-0.2, -0.15) is 0 Å². The molecule has 14 heavy (non-hydrogen) atoms. The summed E-state index contributed by atoms with van der Waals surface area (Å²) < 4.78 is 17.7. The summed E-state index contributed by atoms with van der Waals surface area (Å²) >= 11 is 0. The van der Waals surface area contributed by atoms with E-state index in [0.717, 1.165) is 12.1 Å². The number of carbonyl (C=O) groups is 1. The Morgan fingerprint density at radius 2 is 2.21 bits per heavy atom. The fourth-order valence-corrected chi connectivity index (χ4v) is 0.965. The van der Waals surface area contributed by atoms with Gasteiger partial charge in [-0.3, -0.25) is 14.9 Å². The van der Waals surface area contributed by atoms with Gasteiger partial charge in [0, 0.05) is 6.07 Å². The maximum absolute atomic E-state index is 13.0. The van der Waals surface area contributed by atoms with Gasteiger partial charge in [-0.15, -0.1) is 0 Å². The highest BCUT2D eigenvalue weighted by atomic mass is 19.1. The molecular formula is C8H6FNO4. The Hall–Kier alpha value is -1.98. The number of carbonyl (C=O) groups excluding carboxylic acids is 1. The normalized spacial score (nSPS) is 9.57. The summed E-state index contributed by atoms with van der Waals surface area (Å²) in [6, 6.07) is 1.91. The molecule has 1 rings (SSSR count). The Labute approximate surface area is 78.3 Å². The van der Waals surface area contributed by atoms with Crippen molar-refractivity contribution in [1.29, 1.82) is 0 Å². The summed E-state index contributed by atoms with van der Waals surface area (Å²) in [5.41, 5.74) is -1.17. The van der Waals surface area contributed by atoms with Crippen LogP contribution in [-0.2, 0) is 0 Å². The fourth-order valence-electron chi connectivity index (χ4n) is 0.965. The summed E-state index contributed by atoms with van der Waals surface area (Å²) in [6.45, 7) is 0. The number of nitrogens with zero attached hydrogens (tertiary/aromatic N) is 1. The third kappa shape index (κ3) is 1.68. The van der Waals surface area contributed by atoms with Crippen LogP contribution in [0.25, 0.3) is 0 Å². The number of hydrogen-bond acceptors (Lipinski definition) is 4. The lowest BCUT2D eigenvalue weighted by Crippen LogP contribution is -1.99. The van der Waals surface area contributed by atoms with Crippen molar-refractivity contribution < 1.29 is 18.8 Å². The quantitative estimate of drug-likeness (QED) is 0.420. The molecule has 0 N–H and O–H groups in total. The second-order valence-corrected chi connectivity index (χ2v) is 2.42. The Bertz CT molecular complexity index is 391. The summed E-state index contributed by atoms with van der Waals surface area (Å²) in [7, 11) is 1.25. The third-order valence-corrected chi connectivity index (χ3v) is 1.63. The van der Waals surface area contributed by atoms with Crippen molar-refractivity contribution in [2.24, 2.45) is 0 Å². The summed E-state index contributed by atoms with van der Waals surface area (Å²) in [5, 5.41) is 10.4. The molecule has 0 heterocycles. The zero-order valence-corrected chi connectivity index (χ0v) is 7.19. The molecule has 6 heteroatoms. The first-order valence-electron chi connectivity index (χ1n) is 3.57.